The molecule has 0 N–H and O–H groups in total. The van der Waals surface area contributed by atoms with Crippen molar-refractivity contribution in [3.63, 3.8) is 0 Å². The Balaban J connectivity index is 1.23. The number of aryl methyl sites for hydroxylation is 1. The van der Waals surface area contributed by atoms with Gasteiger partial charge in [-0.25, -0.2) is 9.97 Å². The van der Waals surface area contributed by atoms with Crippen molar-refractivity contribution in [2.75, 3.05) is 6.54 Å². The number of nitrogens with zero attached hydrogens (tertiary/aromatic N) is 4. The van der Waals surface area contributed by atoms with E-state index in [1.54, 1.807) is 6.33 Å². The van der Waals surface area contributed by atoms with Gasteiger partial charge in [-0.2, -0.15) is 0 Å². The maximum absolute atomic E-state index is 12.8. The van der Waals surface area contributed by atoms with E-state index in [0.29, 0.717) is 32.5 Å². The smallest absolute Gasteiger partial charge is 0.224 e. The number of para-hydroxylation sites is 2. The second-order valence-corrected chi connectivity index (χ2v) is 7.38. The summed E-state index contributed by atoms with van der Waals surface area (Å²) in [6, 6.07) is 18.1. The lowest BCUT2D eigenvalue weighted by atomic mass is 10.1. The predicted molar refractivity (Wildman–Crippen MR) is 109 cm³/mol. The van der Waals surface area contributed by atoms with Gasteiger partial charge in [0, 0.05) is 32.4 Å². The Hall–Kier alpha value is -3.41. The molecule has 4 aromatic rings. The summed E-state index contributed by atoms with van der Waals surface area (Å²) in [5, 5.41) is 0. The summed E-state index contributed by atoms with van der Waals surface area (Å²) in [6.07, 6.45) is 3.65. The molecule has 0 saturated carbocycles. The van der Waals surface area contributed by atoms with E-state index in [1.165, 1.54) is 5.56 Å². The largest absolute Gasteiger partial charge is 0.445 e. The molecule has 5 rings (SSSR count). The van der Waals surface area contributed by atoms with Gasteiger partial charge in [0.25, 0.3) is 0 Å². The molecule has 0 bridgehead atoms. The fraction of sp³-hybridized carbons (Fsp3) is 0.261. The van der Waals surface area contributed by atoms with Crippen LogP contribution in [0.3, 0.4) is 0 Å². The van der Waals surface area contributed by atoms with Gasteiger partial charge in [0.2, 0.25) is 5.91 Å². The number of imidazole rings is 1. The predicted octanol–water partition coefficient (Wildman–Crippen LogP) is 3.59. The van der Waals surface area contributed by atoms with Gasteiger partial charge in [-0.1, -0.05) is 42.5 Å². The quantitative estimate of drug-likeness (QED) is 0.526. The van der Waals surface area contributed by atoms with Crippen LogP contribution >= 0.6 is 0 Å². The van der Waals surface area contributed by atoms with Gasteiger partial charge in [-0.15, -0.1) is 0 Å². The van der Waals surface area contributed by atoms with Gasteiger partial charge in [0.15, 0.2) is 5.89 Å². The van der Waals surface area contributed by atoms with Crippen LogP contribution in [0.2, 0.25) is 0 Å². The van der Waals surface area contributed by atoms with Gasteiger partial charge in [0.05, 0.1) is 23.9 Å². The molecule has 0 unspecified atom stereocenters. The molecule has 0 fully saturated rings. The molecule has 2 aromatic heterocycles. The minimum atomic E-state index is 0.140. The summed E-state index contributed by atoms with van der Waals surface area (Å²) in [4.78, 5) is 23.7. The molecule has 1 aliphatic heterocycles. The Morgan fingerprint density at radius 1 is 1.07 bits per heavy atom. The van der Waals surface area contributed by atoms with Crippen LogP contribution in [-0.4, -0.2) is 31.9 Å². The molecule has 6 nitrogen and oxygen atoms in total. The molecule has 1 amide bonds. The maximum Gasteiger partial charge on any atom is 0.224 e. The van der Waals surface area contributed by atoms with Crippen molar-refractivity contribution in [1.82, 2.24) is 19.4 Å². The van der Waals surface area contributed by atoms with E-state index in [4.69, 9.17) is 4.42 Å². The number of carbonyl (C=O) groups excluding carboxylic acids is 1. The van der Waals surface area contributed by atoms with Crippen molar-refractivity contribution in [1.29, 1.82) is 0 Å². The lowest BCUT2D eigenvalue weighted by molar-refractivity contribution is -0.132. The first-order valence-electron chi connectivity index (χ1n) is 9.95. The summed E-state index contributed by atoms with van der Waals surface area (Å²) < 4.78 is 7.98. The van der Waals surface area contributed by atoms with Crippen molar-refractivity contribution < 1.29 is 9.21 Å². The zero-order valence-corrected chi connectivity index (χ0v) is 16.1. The van der Waals surface area contributed by atoms with Gasteiger partial charge >= 0.3 is 0 Å². The Morgan fingerprint density at radius 3 is 2.79 bits per heavy atom. The van der Waals surface area contributed by atoms with Crippen molar-refractivity contribution in [3.8, 4) is 0 Å². The molecule has 0 saturated heterocycles. The van der Waals surface area contributed by atoms with E-state index in [9.17, 15) is 4.79 Å². The summed E-state index contributed by atoms with van der Waals surface area (Å²) in [5.41, 5.74) is 4.08. The molecule has 0 aliphatic carbocycles. The molecule has 2 aromatic carbocycles. The Bertz CT molecular complexity index is 1150. The van der Waals surface area contributed by atoms with Crippen LogP contribution in [0.1, 0.15) is 29.3 Å². The Morgan fingerprint density at radius 2 is 1.90 bits per heavy atom. The van der Waals surface area contributed by atoms with E-state index >= 15 is 0 Å². The van der Waals surface area contributed by atoms with Gasteiger partial charge in [-0.3, -0.25) is 4.79 Å². The first-order valence-corrected chi connectivity index (χ1v) is 9.95. The average Bonchev–Trinajstić information content (AvgIpc) is 3.35. The van der Waals surface area contributed by atoms with Crippen LogP contribution in [0.15, 0.2) is 65.3 Å². The van der Waals surface area contributed by atoms with Crippen LogP contribution in [0.5, 0.6) is 0 Å². The first kappa shape index (κ1) is 17.7. The summed E-state index contributed by atoms with van der Waals surface area (Å²) in [6.45, 7) is 1.83. The molecule has 1 aliphatic rings. The van der Waals surface area contributed by atoms with Gasteiger partial charge in [-0.05, 0) is 17.7 Å². The minimum Gasteiger partial charge on any atom is -0.445 e. The first-order chi connectivity index (χ1) is 14.3. The van der Waals surface area contributed by atoms with Crippen molar-refractivity contribution in [3.05, 3.63) is 83.8 Å². The molecular formula is C23H22N4O2. The van der Waals surface area contributed by atoms with E-state index in [-0.39, 0.29) is 5.91 Å². The van der Waals surface area contributed by atoms with Crippen LogP contribution in [0, 0.1) is 0 Å². The third-order valence-electron chi connectivity index (χ3n) is 5.42. The average molecular weight is 386 g/mol. The Kier molecular flexibility index (Phi) is 4.60. The Labute approximate surface area is 168 Å². The number of rotatable bonds is 5. The number of amides is 1. The van der Waals surface area contributed by atoms with E-state index in [0.717, 1.165) is 34.8 Å². The van der Waals surface area contributed by atoms with Gasteiger partial charge in [0.1, 0.15) is 11.5 Å². The second-order valence-electron chi connectivity index (χ2n) is 7.38. The van der Waals surface area contributed by atoms with E-state index < -0.39 is 0 Å². The lowest BCUT2D eigenvalue weighted by Gasteiger charge is -2.25. The van der Waals surface area contributed by atoms with Crippen LogP contribution in [0.4, 0.5) is 0 Å². The fourth-order valence-corrected chi connectivity index (χ4v) is 3.87. The van der Waals surface area contributed by atoms with Crippen LogP contribution < -0.4 is 0 Å². The summed E-state index contributed by atoms with van der Waals surface area (Å²) in [7, 11) is 0. The van der Waals surface area contributed by atoms with Crippen LogP contribution in [0.25, 0.3) is 11.0 Å². The van der Waals surface area contributed by atoms with Crippen molar-refractivity contribution >= 4 is 16.9 Å². The van der Waals surface area contributed by atoms with Crippen molar-refractivity contribution in [2.45, 2.75) is 32.4 Å². The highest BCUT2D eigenvalue weighted by Crippen LogP contribution is 2.22. The lowest BCUT2D eigenvalue weighted by Crippen LogP contribution is -2.36. The third-order valence-corrected chi connectivity index (χ3v) is 5.42. The van der Waals surface area contributed by atoms with Crippen molar-refractivity contribution in [2.24, 2.45) is 0 Å². The SMILES string of the molecule is O=C(CCn1cnc2ccccc21)N1CCc2oc(Cc3ccccc3)nc2C1. The molecule has 0 spiro atoms. The van der Waals surface area contributed by atoms with E-state index in [2.05, 4.69) is 22.1 Å². The number of aromatic nitrogens is 3. The second kappa shape index (κ2) is 7.54. The molecular weight excluding hydrogens is 364 g/mol. The number of oxazole rings is 1. The minimum absolute atomic E-state index is 0.140. The monoisotopic (exact) mass is 386 g/mol. The summed E-state index contributed by atoms with van der Waals surface area (Å²) in [5.74, 6) is 1.78. The third kappa shape index (κ3) is 3.66. The normalized spacial score (nSPS) is 13.6. The molecule has 6 heteroatoms. The fourth-order valence-electron chi connectivity index (χ4n) is 3.87. The molecule has 3 heterocycles. The number of hydrogen-bond acceptors (Lipinski definition) is 4. The van der Waals surface area contributed by atoms with Crippen LogP contribution in [-0.2, 0) is 30.7 Å². The number of carbonyl (C=O) groups is 1. The highest BCUT2D eigenvalue weighted by atomic mass is 16.4. The molecule has 0 atom stereocenters. The molecule has 146 valence electrons. The number of benzene rings is 2. The van der Waals surface area contributed by atoms with Gasteiger partial charge < -0.3 is 13.9 Å². The number of fused-ring (bicyclic) bond motifs is 2. The zero-order chi connectivity index (χ0) is 19.6. The maximum atomic E-state index is 12.8. The molecule has 29 heavy (non-hydrogen) atoms. The molecule has 0 radical (unpaired) electrons. The number of hydrogen-bond donors (Lipinski definition) is 0. The topological polar surface area (TPSA) is 64.2 Å². The highest BCUT2D eigenvalue weighted by molar-refractivity contribution is 5.77. The standard InChI is InChI=1S/C23H22N4O2/c28-23(11-13-27-16-24-18-8-4-5-9-20(18)27)26-12-10-21-19(15-26)25-22(29-21)14-17-6-2-1-3-7-17/h1-9,16H,10-15H2. The summed E-state index contributed by atoms with van der Waals surface area (Å²) >= 11 is 0. The van der Waals surface area contributed by atoms with E-state index in [1.807, 2.05) is 51.9 Å². The highest BCUT2D eigenvalue weighted by Gasteiger charge is 2.25. The zero-order valence-electron chi connectivity index (χ0n) is 16.1.